The van der Waals surface area contributed by atoms with Gasteiger partial charge in [-0.1, -0.05) is 54.6 Å². The summed E-state index contributed by atoms with van der Waals surface area (Å²) in [5.74, 6) is -0.925. The lowest BCUT2D eigenvalue weighted by Gasteiger charge is -2.11. The Labute approximate surface area is 186 Å². The maximum atomic E-state index is 11.2. The Balaban J connectivity index is 1.39. The lowest BCUT2D eigenvalue weighted by atomic mass is 10.0. The minimum atomic E-state index is -0.925. The van der Waals surface area contributed by atoms with E-state index in [2.05, 4.69) is 82.8 Å². The zero-order valence-corrected chi connectivity index (χ0v) is 17.4. The molecule has 0 amide bonds. The molecule has 0 saturated carbocycles. The molecule has 5 rings (SSSR count). The van der Waals surface area contributed by atoms with Gasteiger partial charge in [0.2, 0.25) is 0 Å². The number of benzene rings is 4. The van der Waals surface area contributed by atoms with E-state index in [1.54, 1.807) is 18.2 Å². The number of aromatic nitrogens is 1. The maximum absolute atomic E-state index is 11.2. The average molecular weight is 418 g/mol. The summed E-state index contributed by atoms with van der Waals surface area (Å²) in [6.45, 7) is 0.605. The zero-order chi connectivity index (χ0) is 21.9. The van der Waals surface area contributed by atoms with E-state index >= 15 is 0 Å². The van der Waals surface area contributed by atoms with Crippen molar-refractivity contribution in [2.45, 2.75) is 6.54 Å². The van der Waals surface area contributed by atoms with E-state index in [-0.39, 0.29) is 5.56 Å². The van der Waals surface area contributed by atoms with Gasteiger partial charge >= 0.3 is 5.97 Å². The summed E-state index contributed by atoms with van der Waals surface area (Å²) >= 11 is 0. The first-order valence-electron chi connectivity index (χ1n) is 10.5. The number of nitrogens with zero attached hydrogens (tertiary/aromatic N) is 1. The van der Waals surface area contributed by atoms with E-state index in [1.807, 2.05) is 18.2 Å². The average Bonchev–Trinajstić information content (AvgIpc) is 3.27. The molecular formula is C28H22N2O2. The normalized spacial score (nSPS) is 10.9. The van der Waals surface area contributed by atoms with E-state index in [9.17, 15) is 9.90 Å². The van der Waals surface area contributed by atoms with Crippen LogP contribution in [0.15, 0.2) is 109 Å². The highest BCUT2D eigenvalue weighted by atomic mass is 16.4. The van der Waals surface area contributed by atoms with Crippen LogP contribution in [-0.2, 0) is 6.54 Å². The molecule has 0 saturated heterocycles. The molecule has 156 valence electrons. The number of rotatable bonds is 6. The van der Waals surface area contributed by atoms with Gasteiger partial charge in [0.05, 0.1) is 11.1 Å². The minimum absolute atomic E-state index is 0.275. The van der Waals surface area contributed by atoms with Gasteiger partial charge in [-0.05, 0) is 65.2 Å². The van der Waals surface area contributed by atoms with Gasteiger partial charge in [0.1, 0.15) is 0 Å². The second-order valence-corrected chi connectivity index (χ2v) is 7.73. The fraction of sp³-hybridized carbons (Fsp3) is 0.0357. The molecule has 0 bridgehead atoms. The van der Waals surface area contributed by atoms with Crippen LogP contribution in [0.4, 0.5) is 5.69 Å². The van der Waals surface area contributed by atoms with Gasteiger partial charge in [0.15, 0.2) is 0 Å². The van der Waals surface area contributed by atoms with E-state index in [0.717, 1.165) is 22.5 Å². The second-order valence-electron chi connectivity index (χ2n) is 7.73. The summed E-state index contributed by atoms with van der Waals surface area (Å²) in [4.78, 5) is 11.2. The molecule has 0 spiro atoms. The van der Waals surface area contributed by atoms with Crippen LogP contribution in [0, 0.1) is 0 Å². The zero-order valence-electron chi connectivity index (χ0n) is 17.4. The summed E-state index contributed by atoms with van der Waals surface area (Å²) in [6.07, 6.45) is 2.10. The molecule has 4 aromatic carbocycles. The molecule has 32 heavy (non-hydrogen) atoms. The topological polar surface area (TPSA) is 54.3 Å². The molecule has 4 heteroatoms. The molecule has 5 aromatic rings. The van der Waals surface area contributed by atoms with Crippen molar-refractivity contribution in [3.63, 3.8) is 0 Å². The van der Waals surface area contributed by atoms with Crippen LogP contribution in [0.3, 0.4) is 0 Å². The van der Waals surface area contributed by atoms with Crippen molar-refractivity contribution in [1.82, 2.24) is 4.57 Å². The highest BCUT2D eigenvalue weighted by molar-refractivity contribution is 5.89. The Morgan fingerprint density at radius 3 is 2.47 bits per heavy atom. The second kappa shape index (κ2) is 8.44. The summed E-state index contributed by atoms with van der Waals surface area (Å²) in [7, 11) is 0. The van der Waals surface area contributed by atoms with Crippen LogP contribution in [-0.4, -0.2) is 15.6 Å². The van der Waals surface area contributed by atoms with Gasteiger partial charge in [0.25, 0.3) is 0 Å². The van der Waals surface area contributed by atoms with Gasteiger partial charge in [-0.2, -0.15) is 0 Å². The van der Waals surface area contributed by atoms with Crippen LogP contribution in [0.25, 0.3) is 27.7 Å². The Kier molecular flexibility index (Phi) is 5.18. The molecular weight excluding hydrogens is 396 g/mol. The molecule has 0 aliphatic heterocycles. The lowest BCUT2D eigenvalue weighted by Crippen LogP contribution is -2.02. The number of aromatic carboxylic acids is 1. The third kappa shape index (κ3) is 3.98. The number of hydrogen-bond acceptors (Lipinski definition) is 2. The van der Waals surface area contributed by atoms with Crippen LogP contribution in [0.2, 0.25) is 0 Å². The van der Waals surface area contributed by atoms with Gasteiger partial charge in [0, 0.05) is 29.5 Å². The molecule has 0 aliphatic rings. The Morgan fingerprint density at radius 2 is 1.62 bits per heavy atom. The highest BCUT2D eigenvalue weighted by Gasteiger charge is 2.07. The van der Waals surface area contributed by atoms with Crippen LogP contribution >= 0.6 is 0 Å². The van der Waals surface area contributed by atoms with E-state index in [0.29, 0.717) is 6.54 Å². The quantitative estimate of drug-likeness (QED) is 0.326. The van der Waals surface area contributed by atoms with Crippen LogP contribution in [0.5, 0.6) is 0 Å². The maximum Gasteiger partial charge on any atom is 0.335 e. The van der Waals surface area contributed by atoms with Crippen LogP contribution < -0.4 is 5.32 Å². The van der Waals surface area contributed by atoms with E-state index in [4.69, 9.17) is 0 Å². The number of carbonyl (C=O) groups is 1. The van der Waals surface area contributed by atoms with Crippen molar-refractivity contribution in [2.24, 2.45) is 0 Å². The Bertz CT molecular complexity index is 1400. The van der Waals surface area contributed by atoms with Crippen molar-refractivity contribution in [2.75, 3.05) is 5.32 Å². The number of fused-ring (bicyclic) bond motifs is 1. The predicted molar refractivity (Wildman–Crippen MR) is 129 cm³/mol. The summed E-state index contributed by atoms with van der Waals surface area (Å²) in [6, 6.07) is 34.3. The highest BCUT2D eigenvalue weighted by Crippen LogP contribution is 2.27. The van der Waals surface area contributed by atoms with Crippen molar-refractivity contribution in [3.05, 3.63) is 120 Å². The first-order chi connectivity index (χ1) is 15.7. The van der Waals surface area contributed by atoms with E-state index in [1.165, 1.54) is 16.5 Å². The molecule has 0 unspecified atom stereocenters. The van der Waals surface area contributed by atoms with Crippen molar-refractivity contribution < 1.29 is 9.90 Å². The SMILES string of the molecule is O=C(O)c1cccc(NCc2cccc(-n3ccc4cc(-c5ccccc5)ccc43)c2)c1. The summed E-state index contributed by atoms with van der Waals surface area (Å²) in [5, 5.41) is 13.7. The third-order valence-electron chi connectivity index (χ3n) is 5.59. The van der Waals surface area contributed by atoms with Crippen LogP contribution in [0.1, 0.15) is 15.9 Å². The van der Waals surface area contributed by atoms with E-state index < -0.39 is 5.97 Å². The summed E-state index contributed by atoms with van der Waals surface area (Å²) < 4.78 is 2.19. The smallest absolute Gasteiger partial charge is 0.335 e. The van der Waals surface area contributed by atoms with Gasteiger partial charge in [-0.3, -0.25) is 0 Å². The molecule has 0 radical (unpaired) electrons. The fourth-order valence-electron chi connectivity index (χ4n) is 3.96. The van der Waals surface area contributed by atoms with Gasteiger partial charge < -0.3 is 15.0 Å². The first-order valence-corrected chi connectivity index (χ1v) is 10.5. The largest absolute Gasteiger partial charge is 0.478 e. The van der Waals surface area contributed by atoms with Gasteiger partial charge in [-0.15, -0.1) is 0 Å². The predicted octanol–water partition coefficient (Wildman–Crippen LogP) is 6.61. The molecule has 0 fully saturated rings. The van der Waals surface area contributed by atoms with Crippen molar-refractivity contribution in [3.8, 4) is 16.8 Å². The third-order valence-corrected chi connectivity index (χ3v) is 5.59. The Hall–Kier alpha value is -4.31. The minimum Gasteiger partial charge on any atom is -0.478 e. The molecule has 0 aliphatic carbocycles. The monoisotopic (exact) mass is 418 g/mol. The molecule has 1 aromatic heterocycles. The summed E-state index contributed by atoms with van der Waals surface area (Å²) in [5.41, 5.74) is 6.84. The molecule has 4 nitrogen and oxygen atoms in total. The molecule has 1 heterocycles. The molecule has 0 atom stereocenters. The first kappa shape index (κ1) is 19.6. The lowest BCUT2D eigenvalue weighted by molar-refractivity contribution is 0.0697. The number of nitrogens with one attached hydrogen (secondary N) is 1. The fourth-order valence-corrected chi connectivity index (χ4v) is 3.96. The molecule has 2 N–H and O–H groups in total. The van der Waals surface area contributed by atoms with Crippen molar-refractivity contribution >= 4 is 22.6 Å². The van der Waals surface area contributed by atoms with Gasteiger partial charge in [-0.25, -0.2) is 4.79 Å². The standard InChI is InChI=1S/C28H22N2O2/c31-28(32)24-9-5-10-25(18-24)29-19-20-6-4-11-26(16-20)30-15-14-23-17-22(12-13-27(23)30)21-7-2-1-3-8-21/h1-18,29H,19H2,(H,31,32). The Morgan fingerprint density at radius 1 is 0.781 bits per heavy atom. The number of anilines is 1. The number of carboxylic acid groups (broad SMARTS) is 1. The number of hydrogen-bond donors (Lipinski definition) is 2. The number of carboxylic acids is 1. The van der Waals surface area contributed by atoms with Crippen molar-refractivity contribution in [1.29, 1.82) is 0 Å².